The summed E-state index contributed by atoms with van der Waals surface area (Å²) in [7, 11) is 0. The Labute approximate surface area is 89.0 Å². The van der Waals surface area contributed by atoms with Crippen LogP contribution in [0.25, 0.3) is 5.69 Å². The van der Waals surface area contributed by atoms with Gasteiger partial charge in [0.15, 0.2) is 0 Å². The molecule has 2 rings (SSSR count). The minimum atomic E-state index is 0.166. The van der Waals surface area contributed by atoms with Gasteiger partial charge in [0.25, 0.3) is 0 Å². The van der Waals surface area contributed by atoms with Crippen LogP contribution >= 0.6 is 0 Å². The lowest BCUT2D eigenvalue weighted by atomic mass is 10.2. The van der Waals surface area contributed by atoms with Crippen LogP contribution in [0.3, 0.4) is 0 Å². The Morgan fingerprint density at radius 3 is 3.00 bits per heavy atom. The molecule has 2 aromatic rings. The summed E-state index contributed by atoms with van der Waals surface area (Å²) in [5.74, 6) is 0. The molecule has 0 aliphatic rings. The molecule has 1 aromatic heterocycles. The van der Waals surface area contributed by atoms with Gasteiger partial charge >= 0.3 is 0 Å². The molecule has 0 fully saturated rings. The predicted molar refractivity (Wildman–Crippen MR) is 59.1 cm³/mol. The maximum atomic E-state index is 8.81. The standard InChI is InChI=1S/C12H14N2O/c1-10-3-2-4-12(7-10)14-9-11(5-6-15)8-13-14/h2-4,7-9,15H,5-6H2,1H3. The van der Waals surface area contributed by atoms with Gasteiger partial charge in [0.05, 0.1) is 11.9 Å². The second-order valence-corrected chi connectivity index (χ2v) is 3.61. The highest BCUT2D eigenvalue weighted by atomic mass is 16.2. The van der Waals surface area contributed by atoms with Crippen LogP contribution in [0.1, 0.15) is 11.1 Å². The number of aliphatic hydroxyl groups is 1. The van der Waals surface area contributed by atoms with Gasteiger partial charge in [0, 0.05) is 12.8 Å². The molecule has 0 radical (unpaired) electrons. The number of aryl methyl sites for hydroxylation is 1. The van der Waals surface area contributed by atoms with Crippen molar-refractivity contribution in [1.82, 2.24) is 9.78 Å². The number of hydrogen-bond acceptors (Lipinski definition) is 2. The molecule has 0 amide bonds. The molecule has 3 heteroatoms. The first-order valence-electron chi connectivity index (χ1n) is 5.01. The number of benzene rings is 1. The fourth-order valence-electron chi connectivity index (χ4n) is 1.53. The molecule has 3 nitrogen and oxygen atoms in total. The number of aromatic nitrogens is 2. The van der Waals surface area contributed by atoms with Gasteiger partial charge in [0.1, 0.15) is 0 Å². The highest BCUT2D eigenvalue weighted by molar-refractivity contribution is 5.35. The van der Waals surface area contributed by atoms with Crippen molar-refractivity contribution in [3.63, 3.8) is 0 Å². The molecule has 15 heavy (non-hydrogen) atoms. The first kappa shape index (κ1) is 9.93. The molecular weight excluding hydrogens is 188 g/mol. The SMILES string of the molecule is Cc1cccc(-n2cc(CCO)cn2)c1. The van der Waals surface area contributed by atoms with Gasteiger partial charge in [-0.25, -0.2) is 4.68 Å². The van der Waals surface area contributed by atoms with E-state index in [1.54, 1.807) is 6.20 Å². The molecule has 0 saturated heterocycles. The monoisotopic (exact) mass is 202 g/mol. The molecule has 0 unspecified atom stereocenters. The maximum Gasteiger partial charge on any atom is 0.0648 e. The average molecular weight is 202 g/mol. The van der Waals surface area contributed by atoms with Crippen molar-refractivity contribution in [1.29, 1.82) is 0 Å². The van der Waals surface area contributed by atoms with E-state index < -0.39 is 0 Å². The second kappa shape index (κ2) is 4.28. The van der Waals surface area contributed by atoms with Gasteiger partial charge in [-0.2, -0.15) is 5.10 Å². The number of hydrogen-bond donors (Lipinski definition) is 1. The topological polar surface area (TPSA) is 38.0 Å². The second-order valence-electron chi connectivity index (χ2n) is 3.61. The molecule has 78 valence electrons. The van der Waals surface area contributed by atoms with E-state index in [1.807, 2.05) is 23.0 Å². The van der Waals surface area contributed by atoms with Crippen molar-refractivity contribution < 1.29 is 5.11 Å². The quantitative estimate of drug-likeness (QED) is 0.822. The summed E-state index contributed by atoms with van der Waals surface area (Å²) in [6.07, 6.45) is 4.40. The summed E-state index contributed by atoms with van der Waals surface area (Å²) in [4.78, 5) is 0. The van der Waals surface area contributed by atoms with Crippen molar-refractivity contribution in [3.8, 4) is 5.69 Å². The van der Waals surface area contributed by atoms with Crippen LogP contribution in [0.2, 0.25) is 0 Å². The molecule has 0 atom stereocenters. The highest BCUT2D eigenvalue weighted by Crippen LogP contribution is 2.10. The molecule has 0 spiro atoms. The van der Waals surface area contributed by atoms with Crippen LogP contribution < -0.4 is 0 Å². The first-order chi connectivity index (χ1) is 7.29. The van der Waals surface area contributed by atoms with Crippen molar-refractivity contribution in [2.24, 2.45) is 0 Å². The zero-order chi connectivity index (χ0) is 10.7. The predicted octanol–water partition coefficient (Wildman–Crippen LogP) is 1.72. The minimum absolute atomic E-state index is 0.166. The van der Waals surface area contributed by atoms with Gasteiger partial charge in [-0.15, -0.1) is 0 Å². The van der Waals surface area contributed by atoms with Crippen molar-refractivity contribution in [2.75, 3.05) is 6.61 Å². The van der Waals surface area contributed by atoms with Crippen LogP contribution in [0, 0.1) is 6.92 Å². The molecule has 1 heterocycles. The van der Waals surface area contributed by atoms with Crippen molar-refractivity contribution in [3.05, 3.63) is 47.8 Å². The molecule has 0 aliphatic heterocycles. The molecule has 0 aliphatic carbocycles. The van der Waals surface area contributed by atoms with Crippen LogP contribution in [0.4, 0.5) is 0 Å². The summed E-state index contributed by atoms with van der Waals surface area (Å²) < 4.78 is 1.83. The van der Waals surface area contributed by atoms with E-state index in [0.29, 0.717) is 6.42 Å². The Bertz CT molecular complexity index is 448. The summed E-state index contributed by atoms with van der Waals surface area (Å²) in [5, 5.41) is 13.1. The summed E-state index contributed by atoms with van der Waals surface area (Å²) >= 11 is 0. The van der Waals surface area contributed by atoms with Crippen LogP contribution in [-0.2, 0) is 6.42 Å². The number of aliphatic hydroxyl groups excluding tert-OH is 1. The third-order valence-corrected chi connectivity index (χ3v) is 2.30. The number of nitrogens with zero attached hydrogens (tertiary/aromatic N) is 2. The van der Waals surface area contributed by atoms with E-state index in [1.165, 1.54) is 5.56 Å². The minimum Gasteiger partial charge on any atom is -0.396 e. The van der Waals surface area contributed by atoms with Gasteiger partial charge in [-0.05, 0) is 36.6 Å². The van der Waals surface area contributed by atoms with Crippen LogP contribution in [0.5, 0.6) is 0 Å². The molecule has 1 N–H and O–H groups in total. The van der Waals surface area contributed by atoms with E-state index >= 15 is 0 Å². The third kappa shape index (κ3) is 2.25. The third-order valence-electron chi connectivity index (χ3n) is 2.30. The smallest absolute Gasteiger partial charge is 0.0648 e. The summed E-state index contributed by atoms with van der Waals surface area (Å²) in [6.45, 7) is 2.22. The number of rotatable bonds is 3. The van der Waals surface area contributed by atoms with E-state index in [4.69, 9.17) is 5.11 Å². The maximum absolute atomic E-state index is 8.81. The van der Waals surface area contributed by atoms with E-state index in [0.717, 1.165) is 11.3 Å². The summed E-state index contributed by atoms with van der Waals surface area (Å²) in [5.41, 5.74) is 3.32. The zero-order valence-electron chi connectivity index (χ0n) is 8.72. The normalized spacial score (nSPS) is 10.5. The van der Waals surface area contributed by atoms with E-state index in [-0.39, 0.29) is 6.61 Å². The highest BCUT2D eigenvalue weighted by Gasteiger charge is 2.00. The Hall–Kier alpha value is -1.61. The lowest BCUT2D eigenvalue weighted by Gasteiger charge is -2.01. The Morgan fingerprint density at radius 2 is 2.27 bits per heavy atom. The molecule has 0 saturated carbocycles. The lowest BCUT2D eigenvalue weighted by Crippen LogP contribution is -1.94. The average Bonchev–Trinajstić information content (AvgIpc) is 2.67. The summed E-state index contributed by atoms with van der Waals surface area (Å²) in [6, 6.07) is 8.16. The van der Waals surface area contributed by atoms with Crippen molar-refractivity contribution >= 4 is 0 Å². The lowest BCUT2D eigenvalue weighted by molar-refractivity contribution is 0.299. The molecule has 1 aromatic carbocycles. The van der Waals surface area contributed by atoms with Crippen molar-refractivity contribution in [2.45, 2.75) is 13.3 Å². The fourth-order valence-corrected chi connectivity index (χ4v) is 1.53. The molecular formula is C12H14N2O. The van der Waals surface area contributed by atoms with Crippen LogP contribution in [-0.4, -0.2) is 21.5 Å². The van der Waals surface area contributed by atoms with Gasteiger partial charge in [-0.3, -0.25) is 0 Å². The van der Waals surface area contributed by atoms with Gasteiger partial charge in [-0.1, -0.05) is 12.1 Å². The first-order valence-corrected chi connectivity index (χ1v) is 5.01. The molecule has 0 bridgehead atoms. The van der Waals surface area contributed by atoms with E-state index in [9.17, 15) is 0 Å². The van der Waals surface area contributed by atoms with Crippen LogP contribution in [0.15, 0.2) is 36.7 Å². The van der Waals surface area contributed by atoms with Gasteiger partial charge < -0.3 is 5.11 Å². The Kier molecular flexibility index (Phi) is 2.83. The fraction of sp³-hybridized carbons (Fsp3) is 0.250. The zero-order valence-corrected chi connectivity index (χ0v) is 8.72. The largest absolute Gasteiger partial charge is 0.396 e. The van der Waals surface area contributed by atoms with E-state index in [2.05, 4.69) is 24.2 Å². The Balaban J connectivity index is 2.29. The Morgan fingerprint density at radius 1 is 1.40 bits per heavy atom. The van der Waals surface area contributed by atoms with Gasteiger partial charge in [0.2, 0.25) is 0 Å².